The smallest absolute Gasteiger partial charge is 0.145 e. The summed E-state index contributed by atoms with van der Waals surface area (Å²) in [6.45, 7) is 0. The van der Waals surface area contributed by atoms with E-state index in [9.17, 15) is 0 Å². The molecule has 0 bridgehead atoms. The van der Waals surface area contributed by atoms with Gasteiger partial charge in [0.25, 0.3) is 0 Å². The number of anilines is 1. The van der Waals surface area contributed by atoms with E-state index in [2.05, 4.69) is 39.6 Å². The van der Waals surface area contributed by atoms with E-state index in [0.29, 0.717) is 0 Å². The lowest BCUT2D eigenvalue weighted by molar-refractivity contribution is 0.922. The number of nitrogens with zero attached hydrogens (tertiary/aromatic N) is 2. The number of benzene rings is 2. The Kier molecular flexibility index (Phi) is 3.69. The Morgan fingerprint density at radius 1 is 0.750 bits per heavy atom. The summed E-state index contributed by atoms with van der Waals surface area (Å²) >= 11 is 0. The fourth-order valence-corrected chi connectivity index (χ4v) is 2.17. The van der Waals surface area contributed by atoms with Gasteiger partial charge in [-0.05, 0) is 11.1 Å². The SMILES string of the molecule is c1ccc(C(Nc2cnccn2)c2ccccc2)cc1. The molecule has 0 aliphatic rings. The third kappa shape index (κ3) is 2.83. The molecule has 2 aromatic carbocycles. The molecule has 0 radical (unpaired) electrons. The molecule has 0 unspecified atom stereocenters. The van der Waals surface area contributed by atoms with Crippen molar-refractivity contribution >= 4 is 5.82 Å². The van der Waals surface area contributed by atoms with E-state index < -0.39 is 0 Å². The van der Waals surface area contributed by atoms with Gasteiger partial charge in [0, 0.05) is 12.4 Å². The molecule has 0 saturated heterocycles. The highest BCUT2D eigenvalue weighted by Gasteiger charge is 2.13. The van der Waals surface area contributed by atoms with Crippen molar-refractivity contribution in [1.82, 2.24) is 9.97 Å². The van der Waals surface area contributed by atoms with Crippen LogP contribution in [-0.4, -0.2) is 9.97 Å². The topological polar surface area (TPSA) is 37.8 Å². The Morgan fingerprint density at radius 2 is 1.35 bits per heavy atom. The summed E-state index contributed by atoms with van der Waals surface area (Å²) in [4.78, 5) is 8.40. The zero-order valence-electron chi connectivity index (χ0n) is 11.0. The lowest BCUT2D eigenvalue weighted by Crippen LogP contribution is -2.13. The van der Waals surface area contributed by atoms with Gasteiger partial charge in [-0.25, -0.2) is 4.98 Å². The van der Waals surface area contributed by atoms with Gasteiger partial charge < -0.3 is 5.32 Å². The summed E-state index contributed by atoms with van der Waals surface area (Å²) in [5, 5.41) is 3.44. The van der Waals surface area contributed by atoms with Crippen LogP contribution in [-0.2, 0) is 0 Å². The molecule has 0 fully saturated rings. The molecule has 3 rings (SSSR count). The average molecular weight is 261 g/mol. The third-order valence-corrected chi connectivity index (χ3v) is 3.12. The maximum absolute atomic E-state index is 4.30. The van der Waals surface area contributed by atoms with Crippen molar-refractivity contribution in [1.29, 1.82) is 0 Å². The standard InChI is InChI=1S/C17H15N3/c1-3-7-14(8-4-1)17(15-9-5-2-6-10-15)20-16-13-18-11-12-19-16/h1-13,17H,(H,19,20). The Morgan fingerprint density at radius 3 is 1.85 bits per heavy atom. The molecule has 0 atom stereocenters. The van der Waals surface area contributed by atoms with E-state index in [0.717, 1.165) is 5.82 Å². The zero-order valence-corrected chi connectivity index (χ0v) is 11.0. The van der Waals surface area contributed by atoms with Crippen LogP contribution in [0.15, 0.2) is 79.3 Å². The molecular formula is C17H15N3. The minimum Gasteiger partial charge on any atom is -0.358 e. The molecule has 20 heavy (non-hydrogen) atoms. The molecule has 0 aliphatic heterocycles. The van der Waals surface area contributed by atoms with Crippen LogP contribution in [0.1, 0.15) is 17.2 Å². The Hall–Kier alpha value is -2.68. The van der Waals surface area contributed by atoms with Crippen molar-refractivity contribution < 1.29 is 0 Å². The normalized spacial score (nSPS) is 10.4. The van der Waals surface area contributed by atoms with Crippen molar-refractivity contribution in [2.45, 2.75) is 6.04 Å². The van der Waals surface area contributed by atoms with Gasteiger partial charge in [-0.15, -0.1) is 0 Å². The molecule has 3 aromatic rings. The Balaban J connectivity index is 1.96. The van der Waals surface area contributed by atoms with E-state index in [1.54, 1.807) is 18.6 Å². The molecule has 1 heterocycles. The second-order valence-electron chi connectivity index (χ2n) is 4.49. The van der Waals surface area contributed by atoms with E-state index in [4.69, 9.17) is 0 Å². The van der Waals surface area contributed by atoms with E-state index in [1.807, 2.05) is 36.4 Å². The van der Waals surface area contributed by atoms with Crippen LogP contribution in [0, 0.1) is 0 Å². The maximum atomic E-state index is 4.30. The van der Waals surface area contributed by atoms with Gasteiger partial charge in [0.05, 0.1) is 12.2 Å². The largest absolute Gasteiger partial charge is 0.358 e. The molecular weight excluding hydrogens is 246 g/mol. The van der Waals surface area contributed by atoms with Crippen LogP contribution < -0.4 is 5.32 Å². The molecule has 98 valence electrons. The predicted molar refractivity (Wildman–Crippen MR) is 80.4 cm³/mol. The molecule has 0 aliphatic carbocycles. The fourth-order valence-electron chi connectivity index (χ4n) is 2.17. The average Bonchev–Trinajstić information content (AvgIpc) is 2.55. The van der Waals surface area contributed by atoms with Crippen LogP contribution in [0.5, 0.6) is 0 Å². The van der Waals surface area contributed by atoms with E-state index in [1.165, 1.54) is 11.1 Å². The van der Waals surface area contributed by atoms with Crippen molar-refractivity contribution in [3.05, 3.63) is 90.4 Å². The van der Waals surface area contributed by atoms with Gasteiger partial charge in [-0.2, -0.15) is 0 Å². The lowest BCUT2D eigenvalue weighted by atomic mass is 9.99. The summed E-state index contributed by atoms with van der Waals surface area (Å²) < 4.78 is 0. The molecule has 0 saturated carbocycles. The first-order valence-electron chi connectivity index (χ1n) is 6.56. The number of rotatable bonds is 4. The van der Waals surface area contributed by atoms with Crippen LogP contribution in [0.3, 0.4) is 0 Å². The molecule has 0 amide bonds. The summed E-state index contributed by atoms with van der Waals surface area (Å²) in [5.41, 5.74) is 2.40. The highest BCUT2D eigenvalue weighted by atomic mass is 15.0. The van der Waals surface area contributed by atoms with Gasteiger partial charge >= 0.3 is 0 Å². The summed E-state index contributed by atoms with van der Waals surface area (Å²) in [7, 11) is 0. The molecule has 1 aromatic heterocycles. The quantitative estimate of drug-likeness (QED) is 0.778. The van der Waals surface area contributed by atoms with Gasteiger partial charge in [0.2, 0.25) is 0 Å². The first kappa shape index (κ1) is 12.4. The van der Waals surface area contributed by atoms with Gasteiger partial charge in [0.1, 0.15) is 5.82 Å². The molecule has 3 heteroatoms. The van der Waals surface area contributed by atoms with Crippen molar-refractivity contribution in [2.24, 2.45) is 0 Å². The van der Waals surface area contributed by atoms with Gasteiger partial charge in [0.15, 0.2) is 0 Å². The minimum atomic E-state index is 0.0640. The number of nitrogens with one attached hydrogen (secondary N) is 1. The van der Waals surface area contributed by atoms with Crippen molar-refractivity contribution in [2.75, 3.05) is 5.32 Å². The van der Waals surface area contributed by atoms with Crippen LogP contribution in [0.2, 0.25) is 0 Å². The summed E-state index contributed by atoms with van der Waals surface area (Å²) in [5.74, 6) is 0.769. The monoisotopic (exact) mass is 261 g/mol. The fraction of sp³-hybridized carbons (Fsp3) is 0.0588. The lowest BCUT2D eigenvalue weighted by Gasteiger charge is -2.20. The maximum Gasteiger partial charge on any atom is 0.145 e. The van der Waals surface area contributed by atoms with Crippen molar-refractivity contribution in [3.8, 4) is 0 Å². The number of aromatic nitrogens is 2. The second-order valence-corrected chi connectivity index (χ2v) is 4.49. The Bertz CT molecular complexity index is 599. The van der Waals surface area contributed by atoms with Gasteiger partial charge in [-0.1, -0.05) is 60.7 Å². The van der Waals surface area contributed by atoms with E-state index >= 15 is 0 Å². The first-order chi connectivity index (χ1) is 9.93. The predicted octanol–water partition coefficient (Wildman–Crippen LogP) is 3.68. The Labute approximate surface area is 118 Å². The van der Waals surface area contributed by atoms with Crippen LogP contribution in [0.25, 0.3) is 0 Å². The number of hydrogen-bond acceptors (Lipinski definition) is 3. The van der Waals surface area contributed by atoms with Crippen LogP contribution in [0.4, 0.5) is 5.82 Å². The zero-order chi connectivity index (χ0) is 13.6. The van der Waals surface area contributed by atoms with E-state index in [-0.39, 0.29) is 6.04 Å². The van der Waals surface area contributed by atoms with Crippen molar-refractivity contribution in [3.63, 3.8) is 0 Å². The summed E-state index contributed by atoms with van der Waals surface area (Å²) in [6.07, 6.45) is 5.10. The minimum absolute atomic E-state index is 0.0640. The van der Waals surface area contributed by atoms with Gasteiger partial charge in [-0.3, -0.25) is 4.98 Å². The highest BCUT2D eigenvalue weighted by molar-refractivity contribution is 5.42. The number of hydrogen-bond donors (Lipinski definition) is 1. The summed E-state index contributed by atoms with van der Waals surface area (Å²) in [6, 6.07) is 20.7. The highest BCUT2D eigenvalue weighted by Crippen LogP contribution is 2.25. The molecule has 3 nitrogen and oxygen atoms in total. The van der Waals surface area contributed by atoms with Crippen LogP contribution >= 0.6 is 0 Å². The molecule has 0 spiro atoms. The second kappa shape index (κ2) is 5.97. The first-order valence-corrected chi connectivity index (χ1v) is 6.56. The third-order valence-electron chi connectivity index (χ3n) is 3.12. The molecule has 1 N–H and O–H groups in total.